The number of carbonyl (C=O) groups excluding carboxylic acids is 1. The molecule has 0 fully saturated rings. The summed E-state index contributed by atoms with van der Waals surface area (Å²) < 4.78 is 5.60. The van der Waals surface area contributed by atoms with Crippen molar-refractivity contribution in [3.8, 4) is 5.75 Å². The van der Waals surface area contributed by atoms with Crippen molar-refractivity contribution in [2.24, 2.45) is 0 Å². The second kappa shape index (κ2) is 8.64. The zero-order valence-corrected chi connectivity index (χ0v) is 15.2. The zero-order valence-electron chi connectivity index (χ0n) is 13.6. The molecule has 0 saturated carbocycles. The smallest absolute Gasteiger partial charge is 0.266 e. The van der Waals surface area contributed by atoms with Crippen LogP contribution < -0.4 is 10.1 Å². The number of hydrogen-bond acceptors (Lipinski definition) is 6. The Morgan fingerprint density at radius 2 is 1.80 bits per heavy atom. The summed E-state index contributed by atoms with van der Waals surface area (Å²) in [6.45, 7) is 1.70. The summed E-state index contributed by atoms with van der Waals surface area (Å²) in [6.07, 6.45) is -0.617. The van der Waals surface area contributed by atoms with E-state index in [1.807, 2.05) is 48.5 Å². The van der Waals surface area contributed by atoms with Crippen LogP contribution in [0.4, 0.5) is 5.13 Å². The zero-order chi connectivity index (χ0) is 17.5. The average Bonchev–Trinajstić information content (AvgIpc) is 3.09. The van der Waals surface area contributed by atoms with Gasteiger partial charge in [0.05, 0.1) is 5.75 Å². The molecule has 1 amide bonds. The highest BCUT2D eigenvalue weighted by Crippen LogP contribution is 2.25. The van der Waals surface area contributed by atoms with E-state index < -0.39 is 6.10 Å². The summed E-state index contributed by atoms with van der Waals surface area (Å²) in [4.78, 5) is 13.4. The van der Waals surface area contributed by atoms with E-state index in [1.165, 1.54) is 16.2 Å². The van der Waals surface area contributed by atoms with Gasteiger partial charge >= 0.3 is 0 Å². The van der Waals surface area contributed by atoms with Crippen molar-refractivity contribution in [1.29, 1.82) is 0 Å². The number of ether oxygens (including phenoxy) is 1. The summed E-state index contributed by atoms with van der Waals surface area (Å²) in [5.41, 5.74) is 0. The van der Waals surface area contributed by atoms with Gasteiger partial charge in [-0.3, -0.25) is 10.1 Å². The Morgan fingerprint density at radius 3 is 2.52 bits per heavy atom. The first kappa shape index (κ1) is 17.4. The Balaban J connectivity index is 1.51. The molecule has 0 radical (unpaired) electrons. The molecule has 3 rings (SSSR count). The predicted octanol–water partition coefficient (Wildman–Crippen LogP) is 4.24. The first-order valence-corrected chi connectivity index (χ1v) is 9.54. The molecule has 0 aliphatic heterocycles. The molecule has 2 aromatic carbocycles. The normalized spacial score (nSPS) is 11.7. The minimum absolute atomic E-state index is 0.248. The number of thioether (sulfide) groups is 1. The van der Waals surface area contributed by atoms with E-state index in [-0.39, 0.29) is 5.91 Å². The maximum Gasteiger partial charge on any atom is 0.266 e. The minimum Gasteiger partial charge on any atom is -0.481 e. The molecule has 0 bridgehead atoms. The number of nitrogens with one attached hydrogen (secondary N) is 1. The third-order valence-electron chi connectivity index (χ3n) is 3.23. The van der Waals surface area contributed by atoms with Gasteiger partial charge < -0.3 is 4.74 Å². The lowest BCUT2D eigenvalue weighted by Gasteiger charge is -2.13. The molecule has 1 N–H and O–H groups in total. The summed E-state index contributed by atoms with van der Waals surface area (Å²) in [7, 11) is 0. The van der Waals surface area contributed by atoms with Crippen molar-refractivity contribution in [2.45, 2.75) is 23.7 Å². The molecule has 0 unspecified atom stereocenters. The Bertz CT molecular complexity index is 809. The molecule has 128 valence electrons. The van der Waals surface area contributed by atoms with E-state index in [9.17, 15) is 4.79 Å². The first-order valence-electron chi connectivity index (χ1n) is 7.73. The van der Waals surface area contributed by atoms with Gasteiger partial charge in [-0.25, -0.2) is 0 Å². The van der Waals surface area contributed by atoms with Crippen molar-refractivity contribution in [2.75, 3.05) is 5.32 Å². The molecule has 1 aromatic heterocycles. The van der Waals surface area contributed by atoms with Gasteiger partial charge in [0.15, 0.2) is 6.10 Å². The summed E-state index contributed by atoms with van der Waals surface area (Å²) in [5.74, 6) is 1.12. The fourth-order valence-corrected chi connectivity index (χ4v) is 3.64. The fourth-order valence-electron chi connectivity index (χ4n) is 1.99. The number of para-hydroxylation sites is 1. The molecule has 3 aromatic rings. The van der Waals surface area contributed by atoms with E-state index in [0.717, 1.165) is 5.01 Å². The van der Waals surface area contributed by atoms with Crippen LogP contribution in [0.5, 0.6) is 5.75 Å². The number of carbonyl (C=O) groups is 1. The van der Waals surface area contributed by atoms with Gasteiger partial charge in [-0.05, 0) is 31.2 Å². The molecular weight excluding hydrogens is 354 g/mol. The topological polar surface area (TPSA) is 64.1 Å². The van der Waals surface area contributed by atoms with Crippen molar-refractivity contribution < 1.29 is 9.53 Å². The highest BCUT2D eigenvalue weighted by Gasteiger charge is 2.17. The lowest BCUT2D eigenvalue weighted by Crippen LogP contribution is -2.30. The lowest BCUT2D eigenvalue weighted by atomic mass is 10.3. The van der Waals surface area contributed by atoms with Crippen molar-refractivity contribution in [1.82, 2.24) is 10.2 Å². The van der Waals surface area contributed by atoms with Crippen LogP contribution >= 0.6 is 23.1 Å². The highest BCUT2D eigenvalue weighted by atomic mass is 32.2. The Kier molecular flexibility index (Phi) is 6.03. The molecule has 7 heteroatoms. The quantitative estimate of drug-likeness (QED) is 0.630. The number of rotatable bonds is 7. The van der Waals surface area contributed by atoms with E-state index in [2.05, 4.69) is 27.6 Å². The Labute approximate surface area is 154 Å². The maximum absolute atomic E-state index is 12.2. The third kappa shape index (κ3) is 5.30. The standard InChI is InChI=1S/C18H17N3O2S2/c1-13(23-14-8-4-2-5-9-14)17(22)19-18-21-20-16(25-18)12-24-15-10-6-3-7-11-15/h2-11,13H,12H2,1H3,(H,19,21,22)/t13-/m0/s1. The van der Waals surface area contributed by atoms with Crippen molar-refractivity contribution >= 4 is 34.1 Å². The van der Waals surface area contributed by atoms with Gasteiger partial charge in [0.2, 0.25) is 5.13 Å². The van der Waals surface area contributed by atoms with Gasteiger partial charge in [0.1, 0.15) is 10.8 Å². The third-order valence-corrected chi connectivity index (χ3v) is 5.27. The predicted molar refractivity (Wildman–Crippen MR) is 101 cm³/mol. The van der Waals surface area contributed by atoms with Gasteiger partial charge in [-0.2, -0.15) is 0 Å². The number of amides is 1. The average molecular weight is 371 g/mol. The summed E-state index contributed by atoms with van der Waals surface area (Å²) in [6, 6.07) is 19.3. The van der Waals surface area contributed by atoms with E-state index in [4.69, 9.17) is 4.74 Å². The highest BCUT2D eigenvalue weighted by molar-refractivity contribution is 7.98. The van der Waals surface area contributed by atoms with Crippen LogP contribution in [-0.4, -0.2) is 22.2 Å². The van der Waals surface area contributed by atoms with E-state index >= 15 is 0 Å². The molecule has 1 heterocycles. The number of benzene rings is 2. The first-order chi connectivity index (χ1) is 12.2. The van der Waals surface area contributed by atoms with Crippen LogP contribution in [0.3, 0.4) is 0 Å². The van der Waals surface area contributed by atoms with Crippen LogP contribution in [0.15, 0.2) is 65.6 Å². The Hall–Kier alpha value is -2.38. The van der Waals surface area contributed by atoms with Crippen molar-refractivity contribution in [3.63, 3.8) is 0 Å². The van der Waals surface area contributed by atoms with Gasteiger partial charge in [-0.15, -0.1) is 22.0 Å². The second-order valence-corrected chi connectivity index (χ2v) is 7.28. The SMILES string of the molecule is C[C@H](Oc1ccccc1)C(=O)Nc1nnc(CSc2ccccc2)s1. The summed E-state index contributed by atoms with van der Waals surface area (Å²) >= 11 is 3.06. The molecule has 25 heavy (non-hydrogen) atoms. The van der Waals surface area contributed by atoms with E-state index in [1.54, 1.807) is 18.7 Å². The second-order valence-electron chi connectivity index (χ2n) is 5.17. The van der Waals surface area contributed by atoms with Crippen LogP contribution in [0, 0.1) is 0 Å². The number of anilines is 1. The van der Waals surface area contributed by atoms with E-state index in [0.29, 0.717) is 16.6 Å². The number of aromatic nitrogens is 2. The monoisotopic (exact) mass is 371 g/mol. The largest absolute Gasteiger partial charge is 0.481 e. The van der Waals surface area contributed by atoms with Gasteiger partial charge in [0.25, 0.3) is 5.91 Å². The number of nitrogens with zero attached hydrogens (tertiary/aromatic N) is 2. The van der Waals surface area contributed by atoms with Gasteiger partial charge in [0, 0.05) is 4.90 Å². The molecule has 1 atom stereocenters. The van der Waals surface area contributed by atoms with Crippen LogP contribution in [0.1, 0.15) is 11.9 Å². The number of hydrogen-bond donors (Lipinski definition) is 1. The molecule has 0 aliphatic carbocycles. The molecule has 0 saturated heterocycles. The fraction of sp³-hybridized carbons (Fsp3) is 0.167. The maximum atomic E-state index is 12.2. The lowest BCUT2D eigenvalue weighted by molar-refractivity contribution is -0.122. The van der Waals surface area contributed by atoms with Crippen molar-refractivity contribution in [3.05, 3.63) is 65.7 Å². The van der Waals surface area contributed by atoms with Crippen LogP contribution in [0.2, 0.25) is 0 Å². The van der Waals surface area contributed by atoms with Crippen LogP contribution in [0.25, 0.3) is 0 Å². The molecular formula is C18H17N3O2S2. The Morgan fingerprint density at radius 1 is 1.12 bits per heavy atom. The molecule has 0 spiro atoms. The molecule has 0 aliphatic rings. The summed E-state index contributed by atoms with van der Waals surface area (Å²) in [5, 5.41) is 12.2. The molecule has 5 nitrogen and oxygen atoms in total. The van der Waals surface area contributed by atoms with Crippen LogP contribution in [-0.2, 0) is 10.5 Å². The minimum atomic E-state index is -0.617. The van der Waals surface area contributed by atoms with Gasteiger partial charge in [-0.1, -0.05) is 47.7 Å².